The highest BCUT2D eigenvalue weighted by molar-refractivity contribution is 6.05. The van der Waals surface area contributed by atoms with Crippen molar-refractivity contribution in [2.45, 2.75) is 33.6 Å². The smallest absolute Gasteiger partial charge is 0.274 e. The molecule has 1 aromatic heterocycles. The predicted octanol–water partition coefficient (Wildman–Crippen LogP) is 3.80. The molecule has 27 heavy (non-hydrogen) atoms. The third-order valence-electron chi connectivity index (χ3n) is 4.04. The first-order chi connectivity index (χ1) is 13.0. The molecule has 0 spiro atoms. The molecule has 1 heterocycles. The molecular weight excluding hydrogens is 342 g/mol. The highest BCUT2D eigenvalue weighted by Crippen LogP contribution is 2.14. The second-order valence-electron chi connectivity index (χ2n) is 6.31. The zero-order chi connectivity index (χ0) is 19.8. The standard InChI is InChI=1S/C21H25N3O3/c1-4-11-24(12-5-2)21(27)17-9-10-22-19(14-17)20(26)23-18-8-6-7-16(13-18)15(3)25/h6-10,13-14H,4-5,11-12H2,1-3H3,(H,23,26). The second kappa shape index (κ2) is 9.62. The van der Waals surface area contributed by atoms with Gasteiger partial charge in [0.25, 0.3) is 11.8 Å². The lowest BCUT2D eigenvalue weighted by molar-refractivity contribution is 0.0755. The lowest BCUT2D eigenvalue weighted by Gasteiger charge is -2.21. The van der Waals surface area contributed by atoms with Gasteiger partial charge in [-0.1, -0.05) is 26.0 Å². The fourth-order valence-electron chi connectivity index (χ4n) is 2.74. The van der Waals surface area contributed by atoms with E-state index in [1.165, 1.54) is 19.2 Å². The lowest BCUT2D eigenvalue weighted by Crippen LogP contribution is -2.32. The van der Waals surface area contributed by atoms with Gasteiger partial charge in [-0.15, -0.1) is 0 Å². The largest absolute Gasteiger partial charge is 0.339 e. The van der Waals surface area contributed by atoms with Gasteiger partial charge in [0, 0.05) is 36.1 Å². The fourth-order valence-corrected chi connectivity index (χ4v) is 2.74. The van der Waals surface area contributed by atoms with Gasteiger partial charge in [0.2, 0.25) is 0 Å². The number of nitrogens with one attached hydrogen (secondary N) is 1. The van der Waals surface area contributed by atoms with Gasteiger partial charge < -0.3 is 10.2 Å². The van der Waals surface area contributed by atoms with E-state index in [0.717, 1.165) is 12.8 Å². The number of Topliss-reactive ketones (excluding diaryl/α,β-unsaturated/α-hetero) is 1. The van der Waals surface area contributed by atoms with Crippen LogP contribution in [0.15, 0.2) is 42.6 Å². The Labute approximate surface area is 159 Å². The van der Waals surface area contributed by atoms with Crippen molar-refractivity contribution in [2.75, 3.05) is 18.4 Å². The van der Waals surface area contributed by atoms with Crippen LogP contribution < -0.4 is 5.32 Å². The minimum atomic E-state index is -0.428. The molecule has 2 rings (SSSR count). The van der Waals surface area contributed by atoms with Crippen molar-refractivity contribution in [1.82, 2.24) is 9.88 Å². The van der Waals surface area contributed by atoms with Gasteiger partial charge >= 0.3 is 0 Å². The summed E-state index contributed by atoms with van der Waals surface area (Å²) in [5.41, 5.74) is 1.61. The van der Waals surface area contributed by atoms with Gasteiger partial charge in [0.1, 0.15) is 5.69 Å². The van der Waals surface area contributed by atoms with Crippen molar-refractivity contribution in [3.05, 3.63) is 59.4 Å². The first-order valence-electron chi connectivity index (χ1n) is 9.14. The Morgan fingerprint density at radius 3 is 2.33 bits per heavy atom. The molecule has 0 aliphatic heterocycles. The Bertz CT molecular complexity index is 827. The number of rotatable bonds is 8. The van der Waals surface area contributed by atoms with Crippen LogP contribution in [0.3, 0.4) is 0 Å². The van der Waals surface area contributed by atoms with Gasteiger partial charge in [-0.3, -0.25) is 19.4 Å². The summed E-state index contributed by atoms with van der Waals surface area (Å²) in [5.74, 6) is -0.611. The Morgan fingerprint density at radius 1 is 1.00 bits per heavy atom. The summed E-state index contributed by atoms with van der Waals surface area (Å²) in [6, 6.07) is 9.82. The van der Waals surface area contributed by atoms with E-state index in [0.29, 0.717) is 29.9 Å². The molecule has 0 bridgehead atoms. The van der Waals surface area contributed by atoms with Gasteiger partial charge in [0.05, 0.1) is 0 Å². The van der Waals surface area contributed by atoms with Crippen molar-refractivity contribution >= 4 is 23.3 Å². The SMILES string of the molecule is CCCN(CCC)C(=O)c1ccnc(C(=O)Nc2cccc(C(C)=O)c2)c1. The van der Waals surface area contributed by atoms with E-state index in [4.69, 9.17) is 0 Å². The number of benzene rings is 1. The molecule has 0 saturated carbocycles. The third-order valence-corrected chi connectivity index (χ3v) is 4.04. The molecule has 0 fully saturated rings. The van der Waals surface area contributed by atoms with Crippen LogP contribution >= 0.6 is 0 Å². The average Bonchev–Trinajstić information content (AvgIpc) is 2.67. The summed E-state index contributed by atoms with van der Waals surface area (Å²) in [7, 11) is 0. The Kier molecular flexibility index (Phi) is 7.23. The van der Waals surface area contributed by atoms with Gasteiger partial charge in [0.15, 0.2) is 5.78 Å². The first-order valence-corrected chi connectivity index (χ1v) is 9.14. The Morgan fingerprint density at radius 2 is 1.70 bits per heavy atom. The summed E-state index contributed by atoms with van der Waals surface area (Å²) in [6.45, 7) is 6.87. The van der Waals surface area contributed by atoms with E-state index in [2.05, 4.69) is 10.3 Å². The third kappa shape index (κ3) is 5.48. The van der Waals surface area contributed by atoms with Crippen molar-refractivity contribution < 1.29 is 14.4 Å². The average molecular weight is 367 g/mol. The van der Waals surface area contributed by atoms with Crippen LogP contribution in [0.1, 0.15) is 64.8 Å². The van der Waals surface area contributed by atoms with Gasteiger partial charge in [-0.2, -0.15) is 0 Å². The van der Waals surface area contributed by atoms with E-state index < -0.39 is 5.91 Å². The minimum absolute atomic E-state index is 0.0799. The van der Waals surface area contributed by atoms with Crippen molar-refractivity contribution in [1.29, 1.82) is 0 Å². The maximum atomic E-state index is 12.7. The Balaban J connectivity index is 2.18. The molecule has 0 atom stereocenters. The van der Waals surface area contributed by atoms with Crippen molar-refractivity contribution in [3.8, 4) is 0 Å². The lowest BCUT2D eigenvalue weighted by atomic mass is 10.1. The van der Waals surface area contributed by atoms with Crippen LogP contribution in [-0.2, 0) is 0 Å². The number of anilines is 1. The predicted molar refractivity (Wildman–Crippen MR) is 105 cm³/mol. The molecule has 2 amide bonds. The molecule has 0 unspecified atom stereocenters. The number of ketones is 1. The monoisotopic (exact) mass is 367 g/mol. The molecule has 2 aromatic rings. The number of carbonyl (C=O) groups excluding carboxylic acids is 3. The summed E-state index contributed by atoms with van der Waals surface area (Å²) < 4.78 is 0. The van der Waals surface area contributed by atoms with E-state index in [1.807, 2.05) is 13.8 Å². The highest BCUT2D eigenvalue weighted by Gasteiger charge is 2.17. The molecule has 0 radical (unpaired) electrons. The number of hydrogen-bond acceptors (Lipinski definition) is 4. The number of hydrogen-bond donors (Lipinski definition) is 1. The quantitative estimate of drug-likeness (QED) is 0.720. The molecular formula is C21H25N3O3. The molecule has 6 heteroatoms. The Hall–Kier alpha value is -3.02. The van der Waals surface area contributed by atoms with Crippen LogP contribution in [-0.4, -0.2) is 40.6 Å². The molecule has 6 nitrogen and oxygen atoms in total. The summed E-state index contributed by atoms with van der Waals surface area (Å²) in [5, 5.41) is 2.72. The van der Waals surface area contributed by atoms with Gasteiger partial charge in [-0.25, -0.2) is 0 Å². The van der Waals surface area contributed by atoms with Crippen LogP contribution in [0.25, 0.3) is 0 Å². The second-order valence-corrected chi connectivity index (χ2v) is 6.31. The molecule has 1 N–H and O–H groups in total. The fraction of sp³-hybridized carbons (Fsp3) is 0.333. The molecule has 142 valence electrons. The number of pyridine rings is 1. The maximum absolute atomic E-state index is 12.7. The highest BCUT2D eigenvalue weighted by atomic mass is 16.2. The molecule has 1 aromatic carbocycles. The number of carbonyl (C=O) groups is 3. The zero-order valence-corrected chi connectivity index (χ0v) is 16.0. The summed E-state index contributed by atoms with van der Waals surface area (Å²) in [6.07, 6.45) is 3.21. The maximum Gasteiger partial charge on any atom is 0.274 e. The summed E-state index contributed by atoms with van der Waals surface area (Å²) >= 11 is 0. The number of nitrogens with zero attached hydrogens (tertiary/aromatic N) is 2. The van der Waals surface area contributed by atoms with E-state index in [-0.39, 0.29) is 17.4 Å². The summed E-state index contributed by atoms with van der Waals surface area (Å²) in [4.78, 5) is 42.6. The normalized spacial score (nSPS) is 10.3. The molecule has 0 saturated heterocycles. The minimum Gasteiger partial charge on any atom is -0.339 e. The van der Waals surface area contributed by atoms with E-state index in [9.17, 15) is 14.4 Å². The zero-order valence-electron chi connectivity index (χ0n) is 16.0. The first kappa shape index (κ1) is 20.3. The van der Waals surface area contributed by atoms with Crippen LogP contribution in [0.4, 0.5) is 5.69 Å². The van der Waals surface area contributed by atoms with E-state index in [1.54, 1.807) is 35.2 Å². The van der Waals surface area contributed by atoms with Crippen LogP contribution in [0.5, 0.6) is 0 Å². The van der Waals surface area contributed by atoms with Gasteiger partial charge in [-0.05, 0) is 44.0 Å². The van der Waals surface area contributed by atoms with Crippen LogP contribution in [0.2, 0.25) is 0 Å². The van der Waals surface area contributed by atoms with Crippen molar-refractivity contribution in [3.63, 3.8) is 0 Å². The topological polar surface area (TPSA) is 79.4 Å². The van der Waals surface area contributed by atoms with Crippen LogP contribution in [0, 0.1) is 0 Å². The molecule has 0 aliphatic rings. The number of amides is 2. The van der Waals surface area contributed by atoms with Crippen molar-refractivity contribution in [2.24, 2.45) is 0 Å². The molecule has 0 aliphatic carbocycles. The van der Waals surface area contributed by atoms with E-state index >= 15 is 0 Å². The number of aromatic nitrogens is 1.